The van der Waals surface area contributed by atoms with Crippen LogP contribution >= 0.6 is 0 Å². The normalized spacial score (nSPS) is 49.8. The van der Waals surface area contributed by atoms with E-state index in [-0.39, 0.29) is 63.0 Å². The standard InChI is InChI=1S/C32H47NO4/c1-28(2)15-20-19(21(16-28)27(36)37-8)9-11-32(7)25(20)22(34)13-24-30(5)14-18(17-33)26(35)29(3,4)23(30)10-12-31(24,32)6/h14,19-25,34H,9-13,15-16H2,1-8H3/t19?,20?,21-,22-,23+,24-,25?,30+,31-,32-/m1/s1. The average Bonchev–Trinajstić information content (AvgIpc) is 2.81. The highest BCUT2D eigenvalue weighted by atomic mass is 16.5. The predicted molar refractivity (Wildman–Crippen MR) is 142 cm³/mol. The minimum atomic E-state index is -0.586. The van der Waals surface area contributed by atoms with Crippen LogP contribution in [0, 0.1) is 73.9 Å². The molecule has 37 heavy (non-hydrogen) atoms. The second-order valence-electron chi connectivity index (χ2n) is 15.5. The zero-order chi connectivity index (χ0) is 27.3. The zero-order valence-electron chi connectivity index (χ0n) is 24.2. The number of aliphatic hydroxyl groups excluding tert-OH is 1. The number of fused-ring (bicyclic) bond motifs is 7. The highest BCUT2D eigenvalue weighted by Gasteiger charge is 2.71. The van der Waals surface area contributed by atoms with Crippen molar-refractivity contribution in [3.8, 4) is 6.07 Å². The molecule has 0 amide bonds. The second-order valence-corrected chi connectivity index (χ2v) is 15.5. The summed E-state index contributed by atoms with van der Waals surface area (Å²) in [5.41, 5.74) is -0.682. The largest absolute Gasteiger partial charge is 0.469 e. The molecule has 0 aromatic carbocycles. The molecule has 0 bridgehead atoms. The average molecular weight is 510 g/mol. The first-order valence-electron chi connectivity index (χ1n) is 14.5. The monoisotopic (exact) mass is 509 g/mol. The van der Waals surface area contributed by atoms with Crippen molar-refractivity contribution in [1.82, 2.24) is 0 Å². The lowest BCUT2D eigenvalue weighted by Gasteiger charge is -2.72. The fourth-order valence-electron chi connectivity index (χ4n) is 11.4. The number of aliphatic hydroxyl groups is 1. The maximum absolute atomic E-state index is 13.2. The number of allylic oxidation sites excluding steroid dienone is 2. The highest BCUT2D eigenvalue weighted by molar-refractivity contribution is 6.04. The Balaban J connectivity index is 1.60. The molecule has 0 aromatic heterocycles. The number of carbonyl (C=O) groups is 2. The summed E-state index contributed by atoms with van der Waals surface area (Å²) in [5.74, 6) is 0.824. The van der Waals surface area contributed by atoms with Crippen LogP contribution in [-0.2, 0) is 14.3 Å². The van der Waals surface area contributed by atoms with Gasteiger partial charge >= 0.3 is 5.97 Å². The molecule has 0 radical (unpaired) electrons. The third kappa shape index (κ3) is 3.43. The molecule has 1 N–H and O–H groups in total. The van der Waals surface area contributed by atoms with Crippen molar-refractivity contribution in [2.24, 2.45) is 62.6 Å². The van der Waals surface area contributed by atoms with Crippen LogP contribution in [0.2, 0.25) is 0 Å². The molecule has 0 aliphatic heterocycles. The van der Waals surface area contributed by atoms with E-state index < -0.39 is 11.5 Å². The Morgan fingerprint density at radius 1 is 1.00 bits per heavy atom. The van der Waals surface area contributed by atoms with Gasteiger partial charge in [-0.3, -0.25) is 9.59 Å². The van der Waals surface area contributed by atoms with Gasteiger partial charge in [0.25, 0.3) is 0 Å². The van der Waals surface area contributed by atoms with Crippen LogP contribution in [0.25, 0.3) is 0 Å². The molecule has 5 rings (SSSR count). The van der Waals surface area contributed by atoms with E-state index in [4.69, 9.17) is 4.74 Å². The first kappa shape index (κ1) is 26.9. The molecule has 0 heterocycles. The molecule has 0 spiro atoms. The Labute approximate surface area is 223 Å². The molecular weight excluding hydrogens is 462 g/mol. The molecule has 5 heteroatoms. The minimum absolute atomic E-state index is 0.0248. The Kier molecular flexibility index (Phi) is 5.94. The van der Waals surface area contributed by atoms with Crippen molar-refractivity contribution in [2.75, 3.05) is 7.11 Å². The number of methoxy groups -OCH3 is 1. The maximum atomic E-state index is 13.2. The fraction of sp³-hybridized carbons (Fsp3) is 0.844. The third-order valence-electron chi connectivity index (χ3n) is 13.0. The van der Waals surface area contributed by atoms with E-state index in [0.717, 1.165) is 38.5 Å². The minimum Gasteiger partial charge on any atom is -0.469 e. The Morgan fingerprint density at radius 3 is 2.27 bits per heavy atom. The fourth-order valence-corrected chi connectivity index (χ4v) is 11.4. The van der Waals surface area contributed by atoms with Crippen LogP contribution in [0.3, 0.4) is 0 Å². The van der Waals surface area contributed by atoms with Gasteiger partial charge in [0.1, 0.15) is 6.07 Å². The Hall–Kier alpha value is -1.67. The number of hydrogen-bond acceptors (Lipinski definition) is 5. The van der Waals surface area contributed by atoms with Crippen LogP contribution in [-0.4, -0.2) is 30.1 Å². The van der Waals surface area contributed by atoms with Gasteiger partial charge in [0.15, 0.2) is 5.78 Å². The van der Waals surface area contributed by atoms with Crippen LogP contribution in [0.4, 0.5) is 0 Å². The molecule has 10 atom stereocenters. The number of nitriles is 1. The van der Waals surface area contributed by atoms with Gasteiger partial charge in [0.05, 0.1) is 24.7 Å². The molecule has 5 aliphatic carbocycles. The van der Waals surface area contributed by atoms with Gasteiger partial charge in [0, 0.05) is 5.41 Å². The summed E-state index contributed by atoms with van der Waals surface area (Å²) in [6, 6.07) is 2.23. The first-order valence-corrected chi connectivity index (χ1v) is 14.5. The smallest absolute Gasteiger partial charge is 0.308 e. The van der Waals surface area contributed by atoms with Gasteiger partial charge in [0.2, 0.25) is 0 Å². The molecule has 5 aliphatic rings. The summed E-state index contributed by atoms with van der Waals surface area (Å²) < 4.78 is 5.29. The van der Waals surface area contributed by atoms with E-state index in [1.165, 1.54) is 7.11 Å². The number of rotatable bonds is 1. The summed E-state index contributed by atoms with van der Waals surface area (Å²) in [4.78, 5) is 26.1. The van der Waals surface area contributed by atoms with Crippen molar-refractivity contribution in [3.05, 3.63) is 11.6 Å². The lowest BCUT2D eigenvalue weighted by molar-refractivity contribution is -0.250. The lowest BCUT2D eigenvalue weighted by Crippen LogP contribution is -2.68. The van der Waals surface area contributed by atoms with Gasteiger partial charge in [-0.2, -0.15) is 5.26 Å². The summed E-state index contributed by atoms with van der Waals surface area (Å²) in [5, 5.41) is 21.9. The molecule has 5 nitrogen and oxygen atoms in total. The van der Waals surface area contributed by atoms with E-state index in [9.17, 15) is 20.0 Å². The van der Waals surface area contributed by atoms with Crippen LogP contribution < -0.4 is 0 Å². The highest BCUT2D eigenvalue weighted by Crippen LogP contribution is 2.75. The number of nitrogens with zero attached hydrogens (tertiary/aromatic N) is 1. The maximum Gasteiger partial charge on any atom is 0.308 e. The molecular formula is C32H47NO4. The van der Waals surface area contributed by atoms with Gasteiger partial charge in [-0.25, -0.2) is 0 Å². The summed E-state index contributed by atoms with van der Waals surface area (Å²) in [6.45, 7) is 15.7. The summed E-state index contributed by atoms with van der Waals surface area (Å²) >= 11 is 0. The topological polar surface area (TPSA) is 87.4 Å². The van der Waals surface area contributed by atoms with Gasteiger partial charge in [-0.15, -0.1) is 0 Å². The van der Waals surface area contributed by atoms with Gasteiger partial charge in [-0.05, 0) is 96.2 Å². The van der Waals surface area contributed by atoms with Crippen LogP contribution in [0.1, 0.15) is 93.4 Å². The number of ketones is 1. The molecule has 0 aromatic rings. The second kappa shape index (κ2) is 8.17. The van der Waals surface area contributed by atoms with E-state index >= 15 is 0 Å². The van der Waals surface area contributed by atoms with Gasteiger partial charge in [-0.1, -0.05) is 54.5 Å². The lowest BCUT2D eigenvalue weighted by atomic mass is 9.32. The summed E-state index contributed by atoms with van der Waals surface area (Å²) in [7, 11) is 1.51. The molecule has 0 saturated heterocycles. The number of ether oxygens (including phenoxy) is 1. The quantitative estimate of drug-likeness (QED) is 0.431. The molecule has 204 valence electrons. The Morgan fingerprint density at radius 2 is 1.65 bits per heavy atom. The third-order valence-corrected chi connectivity index (χ3v) is 13.0. The molecule has 4 saturated carbocycles. The van der Waals surface area contributed by atoms with E-state index in [0.29, 0.717) is 17.9 Å². The number of carbonyl (C=O) groups excluding carboxylic acids is 2. The zero-order valence-corrected chi connectivity index (χ0v) is 24.2. The van der Waals surface area contributed by atoms with Crippen molar-refractivity contribution in [2.45, 2.75) is 99.5 Å². The number of hydrogen-bond donors (Lipinski definition) is 1. The van der Waals surface area contributed by atoms with E-state index in [2.05, 4.69) is 40.7 Å². The first-order chi connectivity index (χ1) is 17.1. The number of Topliss-reactive ketones (excluding diaryl/α,β-unsaturated/α-hetero) is 1. The van der Waals surface area contributed by atoms with E-state index in [1.807, 2.05) is 19.9 Å². The van der Waals surface area contributed by atoms with E-state index in [1.54, 1.807) is 0 Å². The van der Waals surface area contributed by atoms with Crippen molar-refractivity contribution < 1.29 is 19.4 Å². The predicted octanol–water partition coefficient (Wildman–Crippen LogP) is 6.11. The van der Waals surface area contributed by atoms with Crippen molar-refractivity contribution in [3.63, 3.8) is 0 Å². The molecule has 3 unspecified atom stereocenters. The van der Waals surface area contributed by atoms with Gasteiger partial charge < -0.3 is 9.84 Å². The molecule has 4 fully saturated rings. The van der Waals surface area contributed by atoms with Crippen LogP contribution in [0.15, 0.2) is 11.6 Å². The number of esters is 1. The van der Waals surface area contributed by atoms with Crippen molar-refractivity contribution in [1.29, 1.82) is 5.26 Å². The summed E-state index contributed by atoms with van der Waals surface area (Å²) in [6.07, 6.45) is 8.10. The Bertz CT molecular complexity index is 1080. The SMILES string of the molecule is COC(=O)[C@@H]1CC(C)(C)CC2C1CC[C@]1(C)C2[C@H](O)C[C@@H]2[C@@]3(C)C=C(C#N)C(=O)C(C)(C)[C@@H]3CC[C@]21C. The van der Waals surface area contributed by atoms with Crippen molar-refractivity contribution >= 4 is 11.8 Å². The van der Waals surface area contributed by atoms with Crippen LogP contribution in [0.5, 0.6) is 0 Å².